The summed E-state index contributed by atoms with van der Waals surface area (Å²) >= 11 is 5.76. The first-order valence-electron chi connectivity index (χ1n) is 11.0. The molecule has 5 heteroatoms. The van der Waals surface area contributed by atoms with Crippen LogP contribution < -0.4 is 9.47 Å². The van der Waals surface area contributed by atoms with E-state index in [1.165, 1.54) is 0 Å². The lowest BCUT2D eigenvalue weighted by molar-refractivity contribution is -0.114. The van der Waals surface area contributed by atoms with Crippen LogP contribution in [0.1, 0.15) is 76.2 Å². The van der Waals surface area contributed by atoms with Crippen LogP contribution in [0.5, 0.6) is 11.5 Å². The van der Waals surface area contributed by atoms with E-state index in [0.29, 0.717) is 18.8 Å². The minimum absolute atomic E-state index is 0.152. The van der Waals surface area contributed by atoms with Crippen molar-refractivity contribution in [1.82, 2.24) is 0 Å². The van der Waals surface area contributed by atoms with Gasteiger partial charge < -0.3 is 14.3 Å². The van der Waals surface area contributed by atoms with Crippen molar-refractivity contribution in [2.24, 2.45) is 5.92 Å². The third kappa shape index (κ3) is 7.67. The summed E-state index contributed by atoms with van der Waals surface area (Å²) in [6, 6.07) is 5.74. The highest BCUT2D eigenvalue weighted by Gasteiger charge is 2.19. The highest BCUT2D eigenvalue weighted by molar-refractivity contribution is 7.80. The van der Waals surface area contributed by atoms with Gasteiger partial charge >= 0.3 is 0 Å². The maximum absolute atomic E-state index is 12.5. The fraction of sp³-hybridized carbons (Fsp3) is 0.560. The van der Waals surface area contributed by atoms with Gasteiger partial charge in [-0.15, -0.1) is 0 Å². The van der Waals surface area contributed by atoms with E-state index in [2.05, 4.69) is 0 Å². The van der Waals surface area contributed by atoms with Crippen molar-refractivity contribution in [3.05, 3.63) is 29.8 Å². The number of allylic oxidation sites excluding steroid dienone is 2. The third-order valence-electron chi connectivity index (χ3n) is 5.78. The zero-order chi connectivity index (χ0) is 21.8. The molecule has 0 N–H and O–H groups in total. The van der Waals surface area contributed by atoms with Gasteiger partial charge in [-0.25, -0.2) is 0 Å². The number of ketones is 1. The van der Waals surface area contributed by atoms with Gasteiger partial charge in [-0.3, -0.25) is 4.79 Å². The molecule has 0 saturated carbocycles. The molecular weight excluding hydrogens is 396 g/mol. The van der Waals surface area contributed by atoms with E-state index >= 15 is 0 Å². The number of carbonyl (C=O) groups is 2. The molecule has 0 amide bonds. The Morgan fingerprint density at radius 1 is 1.07 bits per heavy atom. The second-order valence-corrected chi connectivity index (χ2v) is 8.44. The first-order chi connectivity index (χ1) is 14.6. The summed E-state index contributed by atoms with van der Waals surface area (Å²) in [7, 11) is 3.27. The summed E-state index contributed by atoms with van der Waals surface area (Å²) in [5.41, 5.74) is 1.96. The Morgan fingerprint density at radius 3 is 2.60 bits per heavy atom. The number of carbonyl (C=O) groups excluding carboxylic acids is 2. The van der Waals surface area contributed by atoms with Crippen molar-refractivity contribution in [1.29, 1.82) is 0 Å². The van der Waals surface area contributed by atoms with Crippen molar-refractivity contribution in [2.75, 3.05) is 14.2 Å². The average molecular weight is 431 g/mol. The first-order valence-corrected chi connectivity index (χ1v) is 11.4. The minimum atomic E-state index is 0.152. The van der Waals surface area contributed by atoms with Crippen LogP contribution in [0.4, 0.5) is 0 Å². The van der Waals surface area contributed by atoms with E-state index < -0.39 is 0 Å². The number of ether oxygens (including phenoxy) is 2. The predicted molar refractivity (Wildman–Crippen MR) is 125 cm³/mol. The Balaban J connectivity index is 2.12. The number of thiocarbonyl (C=S) groups is 1. The largest absolute Gasteiger partial charge is 0.497 e. The van der Waals surface area contributed by atoms with Crippen LogP contribution in [0, 0.1) is 5.92 Å². The molecule has 2 rings (SSSR count). The molecule has 0 bridgehead atoms. The maximum Gasteiger partial charge on any atom is 0.155 e. The van der Waals surface area contributed by atoms with Crippen LogP contribution in [0.25, 0.3) is 5.57 Å². The van der Waals surface area contributed by atoms with E-state index in [1.807, 2.05) is 18.2 Å². The number of unbranched alkanes of at least 4 members (excludes halogenated alkanes) is 4. The Bertz CT molecular complexity index is 754. The average Bonchev–Trinajstić information content (AvgIpc) is 2.76. The Labute approximate surface area is 186 Å². The van der Waals surface area contributed by atoms with Gasteiger partial charge in [0.15, 0.2) is 5.78 Å². The number of rotatable bonds is 10. The second kappa shape index (κ2) is 13.3. The standard InChI is InChI=1S/C25H34O4S/c1-28-22-14-15-23(24(18-22)29-2)20-13-12-19(9-6-4-3-5-7-16-26)25(30)11-8-10-21(27)17-20/h14-19H,3-13H2,1-2H3. The fourth-order valence-electron chi connectivity index (χ4n) is 4.02. The number of hydrogen-bond acceptors (Lipinski definition) is 5. The molecule has 1 aliphatic rings. The van der Waals surface area contributed by atoms with Gasteiger partial charge in [0.05, 0.1) is 14.2 Å². The van der Waals surface area contributed by atoms with E-state index in [9.17, 15) is 9.59 Å². The second-order valence-electron chi connectivity index (χ2n) is 7.92. The highest BCUT2D eigenvalue weighted by Crippen LogP contribution is 2.35. The molecule has 1 atom stereocenters. The third-order valence-corrected chi connectivity index (χ3v) is 6.32. The minimum Gasteiger partial charge on any atom is -0.497 e. The zero-order valence-corrected chi connectivity index (χ0v) is 19.1. The molecule has 4 nitrogen and oxygen atoms in total. The van der Waals surface area contributed by atoms with Crippen LogP contribution in [0.3, 0.4) is 0 Å². The quantitative estimate of drug-likeness (QED) is 0.253. The lowest BCUT2D eigenvalue weighted by Crippen LogP contribution is -2.15. The van der Waals surface area contributed by atoms with Gasteiger partial charge in [0.1, 0.15) is 17.8 Å². The topological polar surface area (TPSA) is 52.6 Å². The molecule has 1 aliphatic carbocycles. The predicted octanol–water partition coefficient (Wildman–Crippen LogP) is 6.15. The summed E-state index contributed by atoms with van der Waals surface area (Å²) in [6.07, 6.45) is 12.8. The van der Waals surface area contributed by atoms with Crippen molar-refractivity contribution >= 4 is 34.7 Å². The number of methoxy groups -OCH3 is 2. The normalized spacial score (nSPS) is 17.9. The number of aldehydes is 1. The summed E-state index contributed by atoms with van der Waals surface area (Å²) in [4.78, 5) is 24.0. The molecule has 1 aromatic carbocycles. The Morgan fingerprint density at radius 2 is 1.87 bits per heavy atom. The molecule has 0 saturated heterocycles. The molecule has 1 unspecified atom stereocenters. The molecule has 0 aliphatic heterocycles. The van der Waals surface area contributed by atoms with Gasteiger partial charge in [-0.1, -0.05) is 31.5 Å². The summed E-state index contributed by atoms with van der Waals surface area (Å²) in [5.74, 6) is 2.00. The molecule has 164 valence electrons. The molecular formula is C25H34O4S. The van der Waals surface area contributed by atoms with Crippen LogP contribution in [-0.4, -0.2) is 31.2 Å². The zero-order valence-electron chi connectivity index (χ0n) is 18.3. The van der Waals surface area contributed by atoms with E-state index in [-0.39, 0.29) is 5.78 Å². The SMILES string of the molecule is COc1ccc(C2=CC(=O)CCCC(=S)C(CCCCCCC=O)CC2)c(OC)c1. The molecule has 0 aromatic heterocycles. The summed E-state index contributed by atoms with van der Waals surface area (Å²) in [5, 5.41) is 0. The van der Waals surface area contributed by atoms with Crippen molar-refractivity contribution in [3.63, 3.8) is 0 Å². The molecule has 0 radical (unpaired) electrons. The highest BCUT2D eigenvalue weighted by atomic mass is 32.1. The van der Waals surface area contributed by atoms with Crippen LogP contribution in [-0.2, 0) is 9.59 Å². The number of hydrogen-bond donors (Lipinski definition) is 0. The molecule has 30 heavy (non-hydrogen) atoms. The lowest BCUT2D eigenvalue weighted by Gasteiger charge is -2.21. The first kappa shape index (κ1) is 24.3. The molecule has 0 fully saturated rings. The van der Waals surface area contributed by atoms with Crippen LogP contribution in [0.2, 0.25) is 0 Å². The summed E-state index contributed by atoms with van der Waals surface area (Å²) < 4.78 is 10.9. The maximum atomic E-state index is 12.5. The molecule has 0 heterocycles. The van der Waals surface area contributed by atoms with E-state index in [0.717, 1.165) is 91.6 Å². The lowest BCUT2D eigenvalue weighted by atomic mass is 9.86. The van der Waals surface area contributed by atoms with E-state index in [1.54, 1.807) is 20.3 Å². The van der Waals surface area contributed by atoms with Gasteiger partial charge in [0, 0.05) is 24.5 Å². The van der Waals surface area contributed by atoms with Gasteiger partial charge in [0.2, 0.25) is 0 Å². The Kier molecular flexibility index (Phi) is 10.8. The van der Waals surface area contributed by atoms with Crippen molar-refractivity contribution in [3.8, 4) is 11.5 Å². The van der Waals surface area contributed by atoms with Crippen molar-refractivity contribution < 1.29 is 19.1 Å². The van der Waals surface area contributed by atoms with Gasteiger partial charge in [-0.2, -0.15) is 0 Å². The number of benzene rings is 1. The van der Waals surface area contributed by atoms with Crippen molar-refractivity contribution in [2.45, 2.75) is 70.6 Å². The van der Waals surface area contributed by atoms with Gasteiger partial charge in [0.25, 0.3) is 0 Å². The monoisotopic (exact) mass is 430 g/mol. The molecule has 0 spiro atoms. The fourth-order valence-corrected chi connectivity index (χ4v) is 4.40. The van der Waals surface area contributed by atoms with Gasteiger partial charge in [-0.05, 0) is 73.1 Å². The Hall–Kier alpha value is -2.01. The van der Waals surface area contributed by atoms with E-state index in [4.69, 9.17) is 21.7 Å². The van der Waals surface area contributed by atoms with Crippen LogP contribution >= 0.6 is 12.2 Å². The molecule has 1 aromatic rings. The van der Waals surface area contributed by atoms with Crippen LogP contribution in [0.15, 0.2) is 24.3 Å². The smallest absolute Gasteiger partial charge is 0.155 e. The summed E-state index contributed by atoms with van der Waals surface area (Å²) in [6.45, 7) is 0.